The summed E-state index contributed by atoms with van der Waals surface area (Å²) in [4.78, 5) is 26.5. The van der Waals surface area contributed by atoms with Crippen LogP contribution in [0.4, 0.5) is 4.39 Å². The number of nitrogens with one attached hydrogen (secondary N) is 1. The monoisotopic (exact) mass is 455 g/mol. The Hall–Kier alpha value is -1.59. The number of H-pyrrole nitrogens is 1. The van der Waals surface area contributed by atoms with E-state index in [9.17, 15) is 9.59 Å². The number of halogens is 1. The Bertz CT molecular complexity index is 972. The number of nitrogens with zero attached hydrogens (tertiary/aromatic N) is 3. The third-order valence-corrected chi connectivity index (χ3v) is 8.22. The Balaban J connectivity index is 1.93. The Kier molecular flexibility index (Phi) is 6.64. The van der Waals surface area contributed by atoms with E-state index < -0.39 is 43.5 Å². The van der Waals surface area contributed by atoms with Crippen molar-refractivity contribution in [3.8, 4) is 6.07 Å². The van der Waals surface area contributed by atoms with Gasteiger partial charge in [0.05, 0.1) is 25.1 Å². The van der Waals surface area contributed by atoms with Crippen molar-refractivity contribution in [3.05, 3.63) is 32.6 Å². The lowest BCUT2D eigenvalue weighted by molar-refractivity contribution is 0.0371. The Morgan fingerprint density at radius 2 is 2.13 bits per heavy atom. The summed E-state index contributed by atoms with van der Waals surface area (Å²) < 4.78 is 39.6. The highest BCUT2D eigenvalue weighted by Crippen LogP contribution is 2.70. The van der Waals surface area contributed by atoms with Crippen molar-refractivity contribution < 1.29 is 14.8 Å². The molecular weight excluding hydrogens is 422 g/mol. The second-order valence-corrected chi connectivity index (χ2v) is 10.4. The third-order valence-electron chi connectivity index (χ3n) is 6.11. The normalized spacial score (nSPS) is 31.0. The van der Waals surface area contributed by atoms with Crippen LogP contribution in [0, 0.1) is 29.6 Å². The van der Waals surface area contributed by atoms with Gasteiger partial charge in [0.1, 0.15) is 12.3 Å². The van der Waals surface area contributed by atoms with Gasteiger partial charge in [0.2, 0.25) is 0 Å². The quantitative estimate of drug-likeness (QED) is 0.452. The molecule has 172 valence electrons. The van der Waals surface area contributed by atoms with Crippen LogP contribution in [-0.4, -0.2) is 45.2 Å². The first kappa shape index (κ1) is 22.6. The fourth-order valence-electron chi connectivity index (χ4n) is 4.57. The number of alkyl halides is 1. The highest BCUT2D eigenvalue weighted by Gasteiger charge is 2.71. The first-order valence-corrected chi connectivity index (χ1v) is 11.7. The smallest absolute Gasteiger partial charge is 0.321 e. The lowest BCUT2D eigenvalue weighted by Gasteiger charge is -2.38. The van der Waals surface area contributed by atoms with Crippen LogP contribution in [0.15, 0.2) is 15.8 Å². The highest BCUT2D eigenvalue weighted by atomic mass is 31.2. The van der Waals surface area contributed by atoms with E-state index in [1.165, 1.54) is 10.8 Å². The molecule has 1 N–H and O–H groups in total. The zero-order valence-electron chi connectivity index (χ0n) is 19.7. The lowest BCUT2D eigenvalue weighted by Crippen LogP contribution is -2.40. The largest absolute Gasteiger partial charge is 0.328 e. The van der Waals surface area contributed by atoms with Gasteiger partial charge >= 0.3 is 5.69 Å². The second kappa shape index (κ2) is 9.11. The van der Waals surface area contributed by atoms with Gasteiger partial charge in [-0.25, -0.2) is 13.9 Å². The third kappa shape index (κ3) is 4.49. The van der Waals surface area contributed by atoms with Gasteiger partial charge in [-0.3, -0.25) is 14.3 Å². The fourth-order valence-corrected chi connectivity index (χ4v) is 6.39. The molecule has 3 rings (SSSR count). The molecule has 0 amide bonds. The van der Waals surface area contributed by atoms with E-state index in [1.807, 2.05) is 38.4 Å². The molecule has 0 aliphatic heterocycles. The molecular formula is C21H32FN4O4P. The van der Waals surface area contributed by atoms with Gasteiger partial charge in [-0.2, -0.15) is 5.26 Å². The van der Waals surface area contributed by atoms with Crippen molar-refractivity contribution in [2.45, 2.75) is 84.8 Å². The maximum Gasteiger partial charge on any atom is 0.328 e. The summed E-state index contributed by atoms with van der Waals surface area (Å²) in [5.41, 5.74) is -1.52. The van der Waals surface area contributed by atoms with Crippen molar-refractivity contribution in [2.75, 3.05) is 6.61 Å². The zero-order chi connectivity index (χ0) is 23.8. The molecule has 8 nitrogen and oxygen atoms in total. The second-order valence-electron chi connectivity index (χ2n) is 9.03. The van der Waals surface area contributed by atoms with Gasteiger partial charge in [-0.05, 0) is 47.0 Å². The summed E-state index contributed by atoms with van der Waals surface area (Å²) in [6.45, 7) is 9.71. The predicted octanol–water partition coefficient (Wildman–Crippen LogP) is 3.43. The first-order chi connectivity index (χ1) is 15.1. The highest BCUT2D eigenvalue weighted by molar-refractivity contribution is 7.44. The summed E-state index contributed by atoms with van der Waals surface area (Å²) >= 11 is 0. The van der Waals surface area contributed by atoms with Crippen LogP contribution < -0.4 is 11.2 Å². The van der Waals surface area contributed by atoms with Gasteiger partial charge in [0.25, 0.3) is 14.1 Å². The van der Waals surface area contributed by atoms with Crippen LogP contribution in [0.2, 0.25) is 0 Å². The Labute approximate surface area is 184 Å². The summed E-state index contributed by atoms with van der Waals surface area (Å²) in [6.07, 6.45) is -0.289. The van der Waals surface area contributed by atoms with E-state index >= 15 is 4.39 Å². The van der Waals surface area contributed by atoms with Gasteiger partial charge in [-0.15, -0.1) is 0 Å². The molecule has 0 bridgehead atoms. The maximum absolute atomic E-state index is 15.9. The van der Waals surface area contributed by atoms with E-state index in [4.69, 9.17) is 15.7 Å². The minimum atomic E-state index is -1.68. The van der Waals surface area contributed by atoms with Crippen LogP contribution >= 0.6 is 8.53 Å². The topological polar surface area (TPSA) is 100 Å². The number of hydrogen-bond donors (Lipinski definition) is 1. The molecule has 31 heavy (non-hydrogen) atoms. The van der Waals surface area contributed by atoms with E-state index in [-0.39, 0.29) is 37.9 Å². The number of aryl methyl sites for hydroxylation is 1. The molecule has 0 aromatic carbocycles. The van der Waals surface area contributed by atoms with E-state index in [0.29, 0.717) is 12.0 Å². The molecule has 6 atom stereocenters. The lowest BCUT2D eigenvalue weighted by atomic mass is 10.0. The molecule has 2 fully saturated rings. The molecule has 10 heteroatoms. The molecule has 0 saturated heterocycles. The summed E-state index contributed by atoms with van der Waals surface area (Å²) in [5, 5.41) is 8.90. The molecule has 1 unspecified atom stereocenters. The van der Waals surface area contributed by atoms with Gasteiger partial charge in [-0.1, -0.05) is 6.90 Å². The number of fused-ring (bicyclic) bond motifs is 1. The number of aromatic nitrogens is 2. The van der Waals surface area contributed by atoms with E-state index in [0.717, 1.165) is 0 Å². The molecule has 2 aliphatic carbocycles. The number of aromatic amines is 1. The van der Waals surface area contributed by atoms with E-state index in [2.05, 4.69) is 4.98 Å². The van der Waals surface area contributed by atoms with Gasteiger partial charge < -0.3 is 9.05 Å². The minimum absolute atomic E-state index is 0.0267. The first-order valence-electron chi connectivity index (χ1n) is 11.3. The Morgan fingerprint density at radius 1 is 1.45 bits per heavy atom. The molecule has 1 aromatic heterocycles. The predicted molar refractivity (Wildman–Crippen MR) is 116 cm³/mol. The summed E-state index contributed by atoms with van der Waals surface area (Å²) in [5.74, 6) is -0.231. The molecule has 2 aliphatic rings. The average Bonchev–Trinajstić information content (AvgIpc) is 3.39. The maximum atomic E-state index is 15.9. The SMILES string of the molecule is [2H]C[C@@]12C[C@@H]1[C@@H](n1cc(C)c(=O)[nH]c1=O)[C@H](F)[C@@H]2OP(OCCC#N)N(C(C)C)C(C)C. The van der Waals surface area contributed by atoms with Crippen LogP contribution in [0.1, 0.15) is 60.4 Å². The summed E-state index contributed by atoms with van der Waals surface area (Å²) in [6, 6.07) is 1.35. The average molecular weight is 455 g/mol. The molecule has 0 spiro atoms. The standard InChI is InChI=1S/C21H32FN4O4P/c1-12(2)26(13(3)4)31(29-9-7-8-23)30-18-16(22)17(15-10-21(15,18)6)25-11-14(5)19(27)24-20(25)28/h11-13,15-18H,7,9-10H2,1-6H3,(H,24,27,28)/t15-,16+,17-,18+,21-,31?/m1/s1/i6D. The van der Waals surface area contributed by atoms with E-state index in [1.54, 1.807) is 6.92 Å². The van der Waals surface area contributed by atoms with Crippen molar-refractivity contribution in [2.24, 2.45) is 11.3 Å². The van der Waals surface area contributed by atoms with Crippen molar-refractivity contribution >= 4 is 8.53 Å². The van der Waals surface area contributed by atoms with Crippen LogP contribution in [0.5, 0.6) is 0 Å². The van der Waals surface area contributed by atoms with Gasteiger partial charge in [0.15, 0.2) is 0 Å². The number of hydrogen-bond acceptors (Lipinski definition) is 6. The fraction of sp³-hybridized carbons (Fsp3) is 0.762. The van der Waals surface area contributed by atoms with Crippen molar-refractivity contribution in [1.29, 1.82) is 5.26 Å². The van der Waals surface area contributed by atoms with Gasteiger partial charge in [0, 0.05) is 30.6 Å². The molecule has 0 radical (unpaired) electrons. The number of nitriles is 1. The molecule has 2 saturated carbocycles. The summed E-state index contributed by atoms with van der Waals surface area (Å²) in [7, 11) is -1.68. The number of rotatable bonds is 9. The van der Waals surface area contributed by atoms with Crippen molar-refractivity contribution in [3.63, 3.8) is 0 Å². The molecule has 1 heterocycles. The van der Waals surface area contributed by atoms with Crippen LogP contribution in [0.3, 0.4) is 0 Å². The zero-order valence-corrected chi connectivity index (χ0v) is 19.6. The van der Waals surface area contributed by atoms with Crippen LogP contribution in [0.25, 0.3) is 0 Å². The molecule has 1 aromatic rings. The van der Waals surface area contributed by atoms with Crippen molar-refractivity contribution in [1.82, 2.24) is 14.2 Å². The van der Waals surface area contributed by atoms with Crippen LogP contribution in [-0.2, 0) is 9.05 Å². The Morgan fingerprint density at radius 3 is 2.71 bits per heavy atom. The minimum Gasteiger partial charge on any atom is -0.321 e.